The van der Waals surface area contributed by atoms with Gasteiger partial charge < -0.3 is 20.7 Å². The number of amides is 1. The molecule has 0 aliphatic heterocycles. The summed E-state index contributed by atoms with van der Waals surface area (Å²) in [6.07, 6.45) is 1.37. The quantitative estimate of drug-likeness (QED) is 0.743. The highest BCUT2D eigenvalue weighted by molar-refractivity contribution is 5.82. The molecule has 0 radical (unpaired) electrons. The maximum atomic E-state index is 11.5. The summed E-state index contributed by atoms with van der Waals surface area (Å²) >= 11 is 0. The van der Waals surface area contributed by atoms with Gasteiger partial charge in [-0.2, -0.15) is 4.98 Å². The zero-order valence-electron chi connectivity index (χ0n) is 10.9. The number of nitrogens with one attached hydrogen (secondary N) is 1. The van der Waals surface area contributed by atoms with E-state index in [9.17, 15) is 4.79 Å². The van der Waals surface area contributed by atoms with E-state index in [0.29, 0.717) is 30.5 Å². The third-order valence-electron chi connectivity index (χ3n) is 2.22. The van der Waals surface area contributed by atoms with Crippen LogP contribution in [0.4, 0.5) is 11.5 Å². The van der Waals surface area contributed by atoms with Crippen molar-refractivity contribution in [3.8, 4) is 5.88 Å². The molecule has 7 heteroatoms. The second-order valence-corrected chi connectivity index (χ2v) is 3.66. The molecule has 0 atom stereocenters. The zero-order valence-corrected chi connectivity index (χ0v) is 10.9. The SMILES string of the molecule is CCNC(=O)CN(C)c1ncnc(OCC)c1N. The minimum atomic E-state index is -0.0871. The third-order valence-corrected chi connectivity index (χ3v) is 2.22. The largest absolute Gasteiger partial charge is 0.476 e. The second-order valence-electron chi connectivity index (χ2n) is 3.66. The Hall–Kier alpha value is -2.05. The van der Waals surface area contributed by atoms with Crippen molar-refractivity contribution >= 4 is 17.4 Å². The molecule has 3 N–H and O–H groups in total. The van der Waals surface area contributed by atoms with Crippen molar-refractivity contribution in [1.29, 1.82) is 0 Å². The molecule has 0 saturated carbocycles. The Balaban J connectivity index is 2.82. The number of aromatic nitrogens is 2. The predicted octanol–water partition coefficient (Wildman–Crippen LogP) is 0.0298. The molecule has 7 nitrogen and oxygen atoms in total. The van der Waals surface area contributed by atoms with E-state index in [2.05, 4.69) is 15.3 Å². The summed E-state index contributed by atoms with van der Waals surface area (Å²) in [5, 5.41) is 2.71. The number of hydrogen-bond acceptors (Lipinski definition) is 6. The Morgan fingerprint density at radius 1 is 1.50 bits per heavy atom. The van der Waals surface area contributed by atoms with Crippen LogP contribution in [0, 0.1) is 0 Å². The van der Waals surface area contributed by atoms with Crippen LogP contribution in [0.1, 0.15) is 13.8 Å². The van der Waals surface area contributed by atoms with Crippen LogP contribution in [0.15, 0.2) is 6.33 Å². The van der Waals surface area contributed by atoms with Crippen molar-refractivity contribution in [2.75, 3.05) is 37.4 Å². The van der Waals surface area contributed by atoms with Gasteiger partial charge in [-0.25, -0.2) is 4.98 Å². The van der Waals surface area contributed by atoms with Crippen molar-refractivity contribution in [3.63, 3.8) is 0 Å². The van der Waals surface area contributed by atoms with Crippen molar-refractivity contribution < 1.29 is 9.53 Å². The third kappa shape index (κ3) is 3.47. The van der Waals surface area contributed by atoms with E-state index < -0.39 is 0 Å². The molecule has 1 heterocycles. The number of carbonyl (C=O) groups is 1. The first-order valence-corrected chi connectivity index (χ1v) is 5.81. The number of anilines is 2. The Morgan fingerprint density at radius 2 is 2.22 bits per heavy atom. The molecule has 1 aromatic heterocycles. The van der Waals surface area contributed by atoms with Gasteiger partial charge in [0.25, 0.3) is 0 Å². The monoisotopic (exact) mass is 253 g/mol. The fourth-order valence-electron chi connectivity index (χ4n) is 1.47. The number of rotatable bonds is 6. The van der Waals surface area contributed by atoms with Crippen LogP contribution in [-0.2, 0) is 4.79 Å². The van der Waals surface area contributed by atoms with Gasteiger partial charge in [-0.3, -0.25) is 4.79 Å². The van der Waals surface area contributed by atoms with E-state index in [1.54, 1.807) is 11.9 Å². The van der Waals surface area contributed by atoms with Crippen LogP contribution in [0.25, 0.3) is 0 Å². The van der Waals surface area contributed by atoms with Crippen LogP contribution >= 0.6 is 0 Å². The van der Waals surface area contributed by atoms with E-state index in [1.807, 2.05) is 13.8 Å². The maximum absolute atomic E-state index is 11.5. The molecular formula is C11H19N5O2. The molecular weight excluding hydrogens is 234 g/mol. The molecule has 1 aromatic rings. The fraction of sp³-hybridized carbons (Fsp3) is 0.545. The minimum Gasteiger partial charge on any atom is -0.476 e. The molecule has 0 aliphatic carbocycles. The molecule has 0 spiro atoms. The summed E-state index contributed by atoms with van der Waals surface area (Å²) in [5.41, 5.74) is 6.24. The molecule has 100 valence electrons. The number of nitrogens with two attached hydrogens (primary N) is 1. The summed E-state index contributed by atoms with van der Waals surface area (Å²) in [5.74, 6) is 0.737. The van der Waals surface area contributed by atoms with Crippen LogP contribution in [0.2, 0.25) is 0 Å². The number of hydrogen-bond donors (Lipinski definition) is 2. The highest BCUT2D eigenvalue weighted by Crippen LogP contribution is 2.26. The average Bonchev–Trinajstić information content (AvgIpc) is 2.32. The molecule has 0 fully saturated rings. The topological polar surface area (TPSA) is 93.4 Å². The van der Waals surface area contributed by atoms with E-state index in [4.69, 9.17) is 10.5 Å². The van der Waals surface area contributed by atoms with Gasteiger partial charge in [0.2, 0.25) is 11.8 Å². The summed E-state index contributed by atoms with van der Waals surface area (Å²) in [6.45, 7) is 4.96. The Kier molecular flexibility index (Phi) is 5.16. The maximum Gasteiger partial charge on any atom is 0.242 e. The first-order chi connectivity index (χ1) is 8.60. The van der Waals surface area contributed by atoms with E-state index in [0.717, 1.165) is 0 Å². The standard InChI is InChI=1S/C11H19N5O2/c1-4-13-8(17)6-16(3)10-9(12)11(18-5-2)15-7-14-10/h7H,4-6,12H2,1-3H3,(H,13,17). The Labute approximate surface area is 106 Å². The van der Waals surface area contributed by atoms with Crippen LogP contribution in [0.5, 0.6) is 5.88 Å². The average molecular weight is 253 g/mol. The molecule has 0 aliphatic rings. The van der Waals surface area contributed by atoms with Crippen LogP contribution in [-0.4, -0.2) is 42.6 Å². The fourth-order valence-corrected chi connectivity index (χ4v) is 1.47. The van der Waals surface area contributed by atoms with Gasteiger partial charge >= 0.3 is 0 Å². The number of nitrogen functional groups attached to an aromatic ring is 1. The van der Waals surface area contributed by atoms with Crippen molar-refractivity contribution in [3.05, 3.63) is 6.33 Å². The van der Waals surface area contributed by atoms with E-state index in [1.165, 1.54) is 6.33 Å². The van der Waals surface area contributed by atoms with Crippen LogP contribution < -0.4 is 20.7 Å². The lowest BCUT2D eigenvalue weighted by Gasteiger charge is -2.19. The molecule has 1 amide bonds. The van der Waals surface area contributed by atoms with Gasteiger partial charge in [0.1, 0.15) is 12.0 Å². The molecule has 1 rings (SSSR count). The zero-order chi connectivity index (χ0) is 13.5. The summed E-state index contributed by atoms with van der Waals surface area (Å²) in [6, 6.07) is 0. The van der Waals surface area contributed by atoms with E-state index >= 15 is 0 Å². The van der Waals surface area contributed by atoms with Crippen LogP contribution in [0.3, 0.4) is 0 Å². The van der Waals surface area contributed by atoms with Crippen molar-refractivity contribution in [2.45, 2.75) is 13.8 Å². The highest BCUT2D eigenvalue weighted by atomic mass is 16.5. The predicted molar refractivity (Wildman–Crippen MR) is 69.6 cm³/mol. The lowest BCUT2D eigenvalue weighted by atomic mass is 10.4. The van der Waals surface area contributed by atoms with Gasteiger partial charge in [0.15, 0.2) is 5.82 Å². The molecule has 18 heavy (non-hydrogen) atoms. The van der Waals surface area contributed by atoms with Gasteiger partial charge in [-0.1, -0.05) is 0 Å². The van der Waals surface area contributed by atoms with Crippen molar-refractivity contribution in [2.24, 2.45) is 0 Å². The van der Waals surface area contributed by atoms with E-state index in [-0.39, 0.29) is 12.5 Å². The Morgan fingerprint density at radius 3 is 2.83 bits per heavy atom. The second kappa shape index (κ2) is 6.63. The van der Waals surface area contributed by atoms with Gasteiger partial charge in [0, 0.05) is 13.6 Å². The summed E-state index contributed by atoms with van der Waals surface area (Å²) in [7, 11) is 1.74. The number of ether oxygens (including phenoxy) is 1. The first kappa shape index (κ1) is 14.0. The van der Waals surface area contributed by atoms with Crippen molar-refractivity contribution in [1.82, 2.24) is 15.3 Å². The van der Waals surface area contributed by atoms with Gasteiger partial charge in [-0.05, 0) is 13.8 Å². The lowest BCUT2D eigenvalue weighted by Crippen LogP contribution is -2.35. The number of likely N-dealkylation sites (N-methyl/N-ethyl adjacent to an activating group) is 2. The Bertz CT molecular complexity index is 410. The normalized spacial score (nSPS) is 9.94. The number of carbonyl (C=O) groups excluding carboxylic acids is 1. The molecule has 0 bridgehead atoms. The number of nitrogens with zero attached hydrogens (tertiary/aromatic N) is 3. The smallest absolute Gasteiger partial charge is 0.242 e. The lowest BCUT2D eigenvalue weighted by molar-refractivity contribution is -0.119. The molecule has 0 saturated heterocycles. The van der Waals surface area contributed by atoms with Gasteiger partial charge in [-0.15, -0.1) is 0 Å². The minimum absolute atomic E-state index is 0.0871. The summed E-state index contributed by atoms with van der Waals surface area (Å²) in [4.78, 5) is 21.1. The molecule has 0 aromatic carbocycles. The van der Waals surface area contributed by atoms with Gasteiger partial charge in [0.05, 0.1) is 13.2 Å². The molecule has 0 unspecified atom stereocenters. The first-order valence-electron chi connectivity index (χ1n) is 5.81. The summed E-state index contributed by atoms with van der Waals surface area (Å²) < 4.78 is 5.28. The highest BCUT2D eigenvalue weighted by Gasteiger charge is 2.14.